The van der Waals surface area contributed by atoms with Gasteiger partial charge in [0.25, 0.3) is 0 Å². The van der Waals surface area contributed by atoms with Gasteiger partial charge in [-0.05, 0) is 40.5 Å². The molecule has 0 aliphatic carbocycles. The lowest BCUT2D eigenvalue weighted by Crippen LogP contribution is -2.21. The maximum atomic E-state index is 13.1. The van der Waals surface area contributed by atoms with Crippen molar-refractivity contribution in [3.63, 3.8) is 0 Å². The molecule has 0 aromatic heterocycles. The summed E-state index contributed by atoms with van der Waals surface area (Å²) in [5.41, 5.74) is 1.30. The summed E-state index contributed by atoms with van der Waals surface area (Å²) in [6.07, 6.45) is -0.607. The largest absolute Gasteiger partial charge is 0.390 e. The lowest BCUT2D eigenvalue weighted by molar-refractivity contribution is 0.211. The predicted molar refractivity (Wildman–Crippen MR) is 64.1 cm³/mol. The monoisotopic (exact) mass is 295 g/mol. The van der Waals surface area contributed by atoms with Gasteiger partial charge in [-0.25, -0.2) is 4.39 Å². The van der Waals surface area contributed by atoms with E-state index in [1.54, 1.807) is 13.0 Å². The SMILES string of the molecule is Cc1cc(NCC(O)CCl)c(Br)cc1F. The van der Waals surface area contributed by atoms with Crippen molar-refractivity contribution in [1.29, 1.82) is 0 Å². The molecular formula is C10H12BrClFNO. The molecule has 1 rings (SSSR count). The van der Waals surface area contributed by atoms with Gasteiger partial charge in [-0.3, -0.25) is 0 Å². The minimum Gasteiger partial charge on any atom is -0.390 e. The van der Waals surface area contributed by atoms with Crippen LogP contribution in [-0.2, 0) is 0 Å². The topological polar surface area (TPSA) is 32.3 Å². The van der Waals surface area contributed by atoms with Gasteiger partial charge in [-0.2, -0.15) is 0 Å². The standard InChI is InChI=1S/C10H12BrClFNO/c1-6-2-10(8(11)3-9(6)13)14-5-7(15)4-12/h2-3,7,14-15H,4-5H2,1H3. The number of hydrogen-bond donors (Lipinski definition) is 2. The predicted octanol–water partition coefficient (Wildman–Crippen LogP) is 2.91. The number of rotatable bonds is 4. The number of hydrogen-bond acceptors (Lipinski definition) is 2. The number of benzene rings is 1. The van der Waals surface area contributed by atoms with E-state index in [4.69, 9.17) is 11.6 Å². The highest BCUT2D eigenvalue weighted by molar-refractivity contribution is 9.10. The summed E-state index contributed by atoms with van der Waals surface area (Å²) < 4.78 is 13.7. The highest BCUT2D eigenvalue weighted by atomic mass is 79.9. The summed E-state index contributed by atoms with van der Waals surface area (Å²) in [7, 11) is 0. The highest BCUT2D eigenvalue weighted by Crippen LogP contribution is 2.25. The Morgan fingerprint density at radius 2 is 2.27 bits per heavy atom. The van der Waals surface area contributed by atoms with Crippen LogP contribution in [0.15, 0.2) is 16.6 Å². The smallest absolute Gasteiger partial charge is 0.127 e. The van der Waals surface area contributed by atoms with E-state index in [-0.39, 0.29) is 11.7 Å². The molecule has 1 aromatic rings. The second-order valence-corrected chi connectivity index (χ2v) is 4.43. The first-order valence-electron chi connectivity index (χ1n) is 4.48. The molecule has 0 bridgehead atoms. The molecule has 0 saturated carbocycles. The van der Waals surface area contributed by atoms with Gasteiger partial charge in [0.05, 0.1) is 12.0 Å². The molecule has 0 amide bonds. The molecule has 2 N–H and O–H groups in total. The van der Waals surface area contributed by atoms with Crippen molar-refractivity contribution in [3.8, 4) is 0 Å². The third-order valence-electron chi connectivity index (χ3n) is 1.95. The van der Waals surface area contributed by atoms with Crippen molar-refractivity contribution in [2.24, 2.45) is 0 Å². The van der Waals surface area contributed by atoms with Crippen LogP contribution in [0.4, 0.5) is 10.1 Å². The summed E-state index contributed by atoms with van der Waals surface area (Å²) >= 11 is 8.69. The number of halogens is 3. The molecule has 15 heavy (non-hydrogen) atoms. The van der Waals surface area contributed by atoms with Gasteiger partial charge in [-0.1, -0.05) is 0 Å². The molecule has 0 saturated heterocycles. The molecule has 0 aliphatic heterocycles. The fraction of sp³-hybridized carbons (Fsp3) is 0.400. The third kappa shape index (κ3) is 3.63. The van der Waals surface area contributed by atoms with Gasteiger partial charge in [0.1, 0.15) is 5.82 Å². The zero-order chi connectivity index (χ0) is 11.4. The highest BCUT2D eigenvalue weighted by Gasteiger charge is 2.07. The minimum atomic E-state index is -0.607. The Bertz CT molecular complexity index is 348. The lowest BCUT2D eigenvalue weighted by Gasteiger charge is -2.12. The average molecular weight is 297 g/mol. The van der Waals surface area contributed by atoms with E-state index in [1.807, 2.05) is 0 Å². The Balaban J connectivity index is 2.73. The molecule has 0 fully saturated rings. The van der Waals surface area contributed by atoms with E-state index < -0.39 is 6.10 Å². The maximum absolute atomic E-state index is 13.1. The molecule has 2 nitrogen and oxygen atoms in total. The quantitative estimate of drug-likeness (QED) is 0.837. The molecular weight excluding hydrogens is 284 g/mol. The Hall–Kier alpha value is -0.320. The van der Waals surface area contributed by atoms with E-state index in [1.165, 1.54) is 6.07 Å². The van der Waals surface area contributed by atoms with Gasteiger partial charge in [0.15, 0.2) is 0 Å². The van der Waals surface area contributed by atoms with Crippen LogP contribution in [0.5, 0.6) is 0 Å². The maximum Gasteiger partial charge on any atom is 0.127 e. The zero-order valence-corrected chi connectivity index (χ0v) is 10.6. The zero-order valence-electron chi connectivity index (χ0n) is 8.23. The Morgan fingerprint density at radius 1 is 1.60 bits per heavy atom. The number of alkyl halides is 1. The molecule has 84 valence electrons. The van der Waals surface area contributed by atoms with E-state index in [0.717, 1.165) is 5.69 Å². The van der Waals surface area contributed by atoms with E-state index in [2.05, 4.69) is 21.2 Å². The summed E-state index contributed by atoms with van der Waals surface area (Å²) in [5, 5.41) is 12.2. The Morgan fingerprint density at radius 3 is 2.87 bits per heavy atom. The second-order valence-electron chi connectivity index (χ2n) is 3.27. The number of aliphatic hydroxyl groups is 1. The molecule has 5 heteroatoms. The van der Waals surface area contributed by atoms with Crippen molar-refractivity contribution in [2.45, 2.75) is 13.0 Å². The first-order chi connectivity index (χ1) is 7.04. The van der Waals surface area contributed by atoms with Gasteiger partial charge in [0.2, 0.25) is 0 Å². The van der Waals surface area contributed by atoms with Crippen LogP contribution in [0.2, 0.25) is 0 Å². The van der Waals surface area contributed by atoms with Gasteiger partial charge in [0, 0.05) is 16.7 Å². The van der Waals surface area contributed by atoms with Crippen molar-refractivity contribution < 1.29 is 9.50 Å². The van der Waals surface area contributed by atoms with Gasteiger partial charge in [-0.15, -0.1) is 11.6 Å². The Kier molecular flexibility index (Phi) is 4.83. The minimum absolute atomic E-state index is 0.171. The van der Waals surface area contributed by atoms with E-state index in [0.29, 0.717) is 16.6 Å². The first-order valence-corrected chi connectivity index (χ1v) is 5.81. The number of aryl methyl sites for hydroxylation is 1. The van der Waals surface area contributed by atoms with E-state index >= 15 is 0 Å². The summed E-state index contributed by atoms with van der Waals surface area (Å²) in [6.45, 7) is 2.03. The van der Waals surface area contributed by atoms with Crippen LogP contribution in [-0.4, -0.2) is 23.6 Å². The fourth-order valence-corrected chi connectivity index (χ4v) is 1.64. The number of nitrogens with one attached hydrogen (secondary N) is 1. The number of anilines is 1. The lowest BCUT2D eigenvalue weighted by atomic mass is 10.2. The summed E-state index contributed by atoms with van der Waals surface area (Å²) in [5.74, 6) is -0.0875. The van der Waals surface area contributed by atoms with Crippen LogP contribution >= 0.6 is 27.5 Å². The van der Waals surface area contributed by atoms with Crippen molar-refractivity contribution in [1.82, 2.24) is 0 Å². The normalized spacial score (nSPS) is 12.6. The third-order valence-corrected chi connectivity index (χ3v) is 2.97. The van der Waals surface area contributed by atoms with Gasteiger partial charge < -0.3 is 10.4 Å². The molecule has 1 unspecified atom stereocenters. The Labute approximate surface area is 102 Å². The molecule has 0 radical (unpaired) electrons. The van der Waals surface area contributed by atoms with Crippen molar-refractivity contribution >= 4 is 33.2 Å². The summed E-state index contributed by atoms with van der Waals surface area (Å²) in [4.78, 5) is 0. The second kappa shape index (κ2) is 5.68. The van der Waals surface area contributed by atoms with Crippen LogP contribution in [0.3, 0.4) is 0 Å². The average Bonchev–Trinajstić information content (AvgIpc) is 2.21. The summed E-state index contributed by atoms with van der Waals surface area (Å²) in [6, 6.07) is 3.07. The fourth-order valence-electron chi connectivity index (χ4n) is 1.08. The molecule has 1 aromatic carbocycles. The first kappa shape index (κ1) is 12.7. The van der Waals surface area contributed by atoms with Crippen molar-refractivity contribution in [2.75, 3.05) is 17.7 Å². The van der Waals surface area contributed by atoms with Crippen LogP contribution < -0.4 is 5.32 Å². The molecule has 0 spiro atoms. The van der Waals surface area contributed by atoms with Gasteiger partial charge >= 0.3 is 0 Å². The molecule has 1 atom stereocenters. The van der Waals surface area contributed by atoms with E-state index in [9.17, 15) is 9.50 Å². The molecule has 0 aliphatic rings. The number of aliphatic hydroxyl groups excluding tert-OH is 1. The van der Waals surface area contributed by atoms with Crippen LogP contribution in [0, 0.1) is 12.7 Å². The van der Waals surface area contributed by atoms with Crippen molar-refractivity contribution in [3.05, 3.63) is 28.0 Å². The molecule has 0 heterocycles. The van der Waals surface area contributed by atoms with Crippen LogP contribution in [0.25, 0.3) is 0 Å². The van der Waals surface area contributed by atoms with Crippen LogP contribution in [0.1, 0.15) is 5.56 Å².